The molecular formula is C41H56N8O14. The molecule has 63 heavy (non-hydrogen) atoms. The number of phenols is 1. The molecule has 0 saturated carbocycles. The summed E-state index contributed by atoms with van der Waals surface area (Å²) in [6, 6.07) is 5.37. The maximum absolute atomic E-state index is 13.8. The van der Waals surface area contributed by atoms with Crippen LogP contribution in [0.2, 0.25) is 0 Å². The Morgan fingerprint density at radius 1 is 0.587 bits per heavy atom. The Morgan fingerprint density at radius 2 is 1.08 bits per heavy atom. The van der Waals surface area contributed by atoms with E-state index in [0.29, 0.717) is 5.56 Å². The summed E-state index contributed by atoms with van der Waals surface area (Å²) in [4.78, 5) is 127. The normalized spacial score (nSPS) is 13.7. The lowest BCUT2D eigenvalue weighted by atomic mass is 10.00. The molecule has 0 spiro atoms. The summed E-state index contributed by atoms with van der Waals surface area (Å²) >= 11 is 0. The highest BCUT2D eigenvalue weighted by Crippen LogP contribution is 2.14. The number of aliphatic hydroxyl groups excluding tert-OH is 1. The van der Waals surface area contributed by atoms with Crippen LogP contribution in [0.4, 0.5) is 0 Å². The summed E-state index contributed by atoms with van der Waals surface area (Å²) in [5, 5.41) is 54.7. The van der Waals surface area contributed by atoms with Crippen LogP contribution in [-0.2, 0) is 49.6 Å². The number of carboxylic acid groups (broad SMARTS) is 2. The predicted octanol–water partition coefficient (Wildman–Crippen LogP) is -2.06. The Hall–Kier alpha value is -7.10. The maximum atomic E-state index is 13.8. The first-order valence-electron chi connectivity index (χ1n) is 20.0. The lowest BCUT2D eigenvalue weighted by Gasteiger charge is -2.27. The molecule has 2 rings (SSSR count). The van der Waals surface area contributed by atoms with E-state index in [4.69, 9.17) is 10.8 Å². The van der Waals surface area contributed by atoms with Gasteiger partial charge in [0, 0.05) is 18.4 Å². The molecule has 13 N–H and O–H groups in total. The van der Waals surface area contributed by atoms with Crippen molar-refractivity contribution in [3.63, 3.8) is 0 Å². The van der Waals surface area contributed by atoms with Crippen LogP contribution in [0.3, 0.4) is 0 Å². The summed E-state index contributed by atoms with van der Waals surface area (Å²) < 4.78 is 0. The number of carbonyl (C=O) groups excluding carboxylic acids is 8. The number of hydrogen-bond donors (Lipinski definition) is 12. The molecule has 0 unspecified atom stereocenters. The molecule has 22 nitrogen and oxygen atoms in total. The van der Waals surface area contributed by atoms with Gasteiger partial charge >= 0.3 is 11.9 Å². The highest BCUT2D eigenvalue weighted by Gasteiger charge is 2.33. The van der Waals surface area contributed by atoms with Gasteiger partial charge in [-0.1, -0.05) is 44.2 Å². The molecule has 0 aliphatic carbocycles. The summed E-state index contributed by atoms with van der Waals surface area (Å²) in [6.45, 7) is 3.07. The lowest BCUT2D eigenvalue weighted by Crippen LogP contribution is -2.60. The molecule has 2 aromatic carbocycles. The first kappa shape index (κ1) is 52.0. The third kappa shape index (κ3) is 19.4. The fourth-order valence-electron chi connectivity index (χ4n) is 5.82. The first-order valence-corrected chi connectivity index (χ1v) is 20.0. The lowest BCUT2D eigenvalue weighted by molar-refractivity contribution is -0.139. The van der Waals surface area contributed by atoms with Gasteiger partial charge in [-0.25, -0.2) is 0 Å². The van der Waals surface area contributed by atoms with E-state index in [1.807, 2.05) is 0 Å². The van der Waals surface area contributed by atoms with Gasteiger partial charge in [-0.15, -0.1) is 0 Å². The van der Waals surface area contributed by atoms with Crippen molar-refractivity contribution in [2.75, 3.05) is 13.2 Å². The van der Waals surface area contributed by atoms with Crippen LogP contribution < -0.4 is 43.0 Å². The maximum Gasteiger partial charge on any atom is 0.303 e. The Morgan fingerprint density at radius 3 is 1.62 bits per heavy atom. The topological polar surface area (TPSA) is 362 Å². The van der Waals surface area contributed by atoms with E-state index in [9.17, 15) is 63.3 Å². The summed E-state index contributed by atoms with van der Waals surface area (Å²) in [5.74, 6) is -10.1. The minimum Gasteiger partial charge on any atom is -0.508 e. The number of phenolic OH excluding ortho intramolecular Hbond substituents is 1. The molecule has 22 heteroatoms. The number of aromatic hydroxyl groups is 1. The number of nitrogens with two attached hydrogens (primary N) is 1. The van der Waals surface area contributed by atoms with Crippen LogP contribution in [-0.4, -0.2) is 129 Å². The number of carbonyl (C=O) groups is 10. The molecule has 6 atom stereocenters. The van der Waals surface area contributed by atoms with Crippen molar-refractivity contribution in [2.24, 2.45) is 11.7 Å². The Labute approximate surface area is 362 Å². The van der Waals surface area contributed by atoms with Gasteiger partial charge in [-0.3, -0.25) is 47.9 Å². The summed E-state index contributed by atoms with van der Waals surface area (Å²) in [6.07, 6.45) is -1.91. The number of aryl methyl sites for hydroxylation is 1. The number of primary amides is 1. The van der Waals surface area contributed by atoms with Gasteiger partial charge in [-0.05, 0) is 74.8 Å². The van der Waals surface area contributed by atoms with E-state index in [0.717, 1.165) is 0 Å². The molecule has 0 aliphatic heterocycles. The van der Waals surface area contributed by atoms with Gasteiger partial charge in [0.1, 0.15) is 42.0 Å². The third-order valence-corrected chi connectivity index (χ3v) is 9.25. The predicted molar refractivity (Wildman–Crippen MR) is 222 cm³/mol. The van der Waals surface area contributed by atoms with Gasteiger partial charge in [-0.2, -0.15) is 0 Å². The highest BCUT2D eigenvalue weighted by molar-refractivity contribution is 5.99. The second-order valence-electron chi connectivity index (χ2n) is 14.9. The molecule has 2 aromatic rings. The van der Waals surface area contributed by atoms with Gasteiger partial charge in [0.2, 0.25) is 41.4 Å². The van der Waals surface area contributed by atoms with E-state index in [2.05, 4.69) is 37.2 Å². The highest BCUT2D eigenvalue weighted by atomic mass is 16.4. The van der Waals surface area contributed by atoms with E-state index >= 15 is 0 Å². The number of hydrogen-bond acceptors (Lipinski definition) is 12. The number of aliphatic hydroxyl groups is 1. The van der Waals surface area contributed by atoms with Gasteiger partial charge in [0.25, 0.3) is 5.91 Å². The smallest absolute Gasteiger partial charge is 0.303 e. The van der Waals surface area contributed by atoms with Crippen molar-refractivity contribution in [2.45, 2.75) is 102 Å². The molecule has 0 radical (unpaired) electrons. The Balaban J connectivity index is 2.19. The van der Waals surface area contributed by atoms with Gasteiger partial charge in [0.05, 0.1) is 13.2 Å². The average molecular weight is 885 g/mol. The zero-order chi connectivity index (χ0) is 47.2. The van der Waals surface area contributed by atoms with Crippen LogP contribution in [0.5, 0.6) is 5.75 Å². The number of rotatable bonds is 27. The quantitative estimate of drug-likeness (QED) is 0.0459. The van der Waals surface area contributed by atoms with E-state index in [-0.39, 0.29) is 42.9 Å². The van der Waals surface area contributed by atoms with Crippen LogP contribution >= 0.6 is 0 Å². The molecule has 0 bridgehead atoms. The van der Waals surface area contributed by atoms with Crippen LogP contribution in [0.25, 0.3) is 0 Å². The molecule has 8 amide bonds. The van der Waals surface area contributed by atoms with E-state index in [1.165, 1.54) is 31.2 Å². The van der Waals surface area contributed by atoms with Crippen LogP contribution in [0.1, 0.15) is 75.2 Å². The van der Waals surface area contributed by atoms with Crippen molar-refractivity contribution in [1.82, 2.24) is 37.2 Å². The largest absolute Gasteiger partial charge is 0.508 e. The molecule has 0 aromatic heterocycles. The minimum absolute atomic E-state index is 0.0198. The molecule has 0 saturated heterocycles. The SMILES string of the molecule is CC(C)C[C@H](NC(=O)[C@H](CO)NC(=O)[C@H](CCC(=O)O)NC(=O)CNC(=O)[C@H](C)NC(=O)c1ccccc1)C(=O)N[C@@H](CCc1ccc(O)cc1)C(=O)N[C@@H](CCC(=O)O)C(N)=O. The Bertz CT molecular complexity index is 1930. The Kier molecular flexibility index (Phi) is 21.7. The van der Waals surface area contributed by atoms with Crippen molar-refractivity contribution in [3.05, 3.63) is 65.7 Å². The second kappa shape index (κ2) is 26.3. The van der Waals surface area contributed by atoms with E-state index in [1.54, 1.807) is 44.2 Å². The second-order valence-corrected chi connectivity index (χ2v) is 14.9. The van der Waals surface area contributed by atoms with Crippen molar-refractivity contribution < 1.29 is 68.4 Å². The number of aliphatic carboxylic acids is 2. The minimum atomic E-state index is -1.75. The fraction of sp³-hybridized carbons (Fsp3) is 0.463. The number of benzene rings is 2. The molecular weight excluding hydrogens is 828 g/mol. The van der Waals surface area contributed by atoms with Crippen LogP contribution in [0, 0.1) is 5.92 Å². The standard InChI is InChI=1S/C41H56N8O14/c1-22(2)19-30(40(62)47-29(14-11-24-9-12-26(51)13-10-24)39(61)46-27(35(42)57)15-17-33(53)54)48-41(63)31(21-50)49-38(60)28(16-18-34(55)56)45-32(52)20-43-36(58)23(3)44-37(59)25-7-5-4-6-8-25/h4-10,12-13,22-23,27-31,50-51H,11,14-21H2,1-3H3,(H2,42,57)(H,43,58)(H,44,59)(H,45,52)(H,46,61)(H,47,62)(H,48,63)(H,49,60)(H,53,54)(H,55,56)/t23-,27-,28-,29-,30-,31-/m0/s1. The van der Waals surface area contributed by atoms with Gasteiger partial charge < -0.3 is 63.4 Å². The van der Waals surface area contributed by atoms with Crippen molar-refractivity contribution >= 4 is 59.2 Å². The number of amides is 8. The molecule has 344 valence electrons. The summed E-state index contributed by atoms with van der Waals surface area (Å²) in [5.41, 5.74) is 6.33. The van der Waals surface area contributed by atoms with Crippen LogP contribution in [0.15, 0.2) is 54.6 Å². The third-order valence-electron chi connectivity index (χ3n) is 9.25. The zero-order valence-corrected chi connectivity index (χ0v) is 35.1. The number of carboxylic acids is 2. The van der Waals surface area contributed by atoms with Crippen molar-refractivity contribution in [1.29, 1.82) is 0 Å². The van der Waals surface area contributed by atoms with E-state index < -0.39 is 128 Å². The van der Waals surface area contributed by atoms with Crippen molar-refractivity contribution in [3.8, 4) is 5.75 Å². The first-order chi connectivity index (χ1) is 29.7. The summed E-state index contributed by atoms with van der Waals surface area (Å²) in [7, 11) is 0. The molecule has 0 fully saturated rings. The monoisotopic (exact) mass is 884 g/mol. The fourth-order valence-corrected chi connectivity index (χ4v) is 5.82. The molecule has 0 heterocycles. The zero-order valence-electron chi connectivity index (χ0n) is 35.1. The average Bonchev–Trinajstić information content (AvgIpc) is 3.23. The molecule has 0 aliphatic rings. The number of nitrogens with one attached hydrogen (secondary N) is 7. The van der Waals surface area contributed by atoms with Gasteiger partial charge in [0.15, 0.2) is 0 Å².